The molecule has 3 heterocycles. The predicted molar refractivity (Wildman–Crippen MR) is 85.6 cm³/mol. The summed E-state index contributed by atoms with van der Waals surface area (Å²) in [6.45, 7) is -1.18. The molecule has 2 aromatic heterocycles. The number of rotatable bonds is 8. The highest BCUT2D eigenvalue weighted by Crippen LogP contribution is 2.60. The smallest absolute Gasteiger partial charge is 0.278 e. The van der Waals surface area contributed by atoms with Gasteiger partial charge in [0.25, 0.3) is 15.6 Å². The molecule has 1 fully saturated rings. The van der Waals surface area contributed by atoms with E-state index in [2.05, 4.69) is 28.1 Å². The maximum Gasteiger partial charge on any atom is 0.278 e. The number of ether oxygens (including phenoxy) is 1. The molecule has 0 amide bonds. The first kappa shape index (κ1) is 24.0. The van der Waals surface area contributed by atoms with Gasteiger partial charge in [0.15, 0.2) is 29.6 Å². The minimum absolute atomic E-state index is 0.00291. The van der Waals surface area contributed by atoms with Crippen LogP contribution in [0.1, 0.15) is 6.23 Å². The number of nitrogens with zero attached hydrogens (tertiary/aromatic N) is 4. The van der Waals surface area contributed by atoms with Crippen LogP contribution in [0.4, 0.5) is 5.82 Å². The van der Waals surface area contributed by atoms with Gasteiger partial charge in [-0.05, 0) is 0 Å². The van der Waals surface area contributed by atoms with Crippen LogP contribution in [0.2, 0.25) is 0 Å². The van der Waals surface area contributed by atoms with Crippen molar-refractivity contribution in [1.82, 2.24) is 19.5 Å². The van der Waals surface area contributed by atoms with E-state index in [4.69, 9.17) is 10.5 Å². The molecule has 0 spiro atoms. The monoisotopic (exact) mass is 501 g/mol. The third-order valence-electron chi connectivity index (χ3n) is 3.63. The van der Waals surface area contributed by atoms with Crippen LogP contribution in [0.15, 0.2) is 12.7 Å². The number of hydrogen-bond donors (Lipinski definition) is 2. The first-order valence-corrected chi connectivity index (χ1v) is 12.1. The number of anilines is 1. The molecular formula is C10H10N5O13P3-4. The van der Waals surface area contributed by atoms with E-state index < -0.39 is 54.3 Å². The summed E-state index contributed by atoms with van der Waals surface area (Å²) < 4.78 is 49.9. The predicted octanol–water partition coefficient (Wildman–Crippen LogP) is -3.95. The molecule has 5 atom stereocenters. The molecule has 21 heteroatoms. The lowest BCUT2D eigenvalue weighted by atomic mass is 10.2. The van der Waals surface area contributed by atoms with Crippen molar-refractivity contribution in [3.63, 3.8) is 0 Å². The van der Waals surface area contributed by atoms with Crippen molar-refractivity contribution >= 4 is 46.2 Å². The number of aliphatic hydroxyl groups excluding tert-OH is 1. The number of carbonyl (C=O) groups is 1. The Morgan fingerprint density at radius 1 is 1.13 bits per heavy atom. The largest absolute Gasteiger partial charge is 0.790 e. The number of nitrogens with two attached hydrogens (primary N) is 1. The van der Waals surface area contributed by atoms with Gasteiger partial charge in [-0.2, -0.15) is 0 Å². The number of Topliss-reactive ketones (excluding diaryl/α,β-unsaturated/α-hetero) is 1. The fraction of sp³-hybridized carbons (Fsp3) is 0.400. The van der Waals surface area contributed by atoms with E-state index >= 15 is 0 Å². The molecule has 3 rings (SSSR count). The fourth-order valence-electron chi connectivity index (χ4n) is 2.48. The van der Waals surface area contributed by atoms with Crippen LogP contribution in [0, 0.1) is 0 Å². The van der Waals surface area contributed by atoms with Crippen molar-refractivity contribution in [3.05, 3.63) is 12.7 Å². The second-order valence-electron chi connectivity index (χ2n) is 5.75. The van der Waals surface area contributed by atoms with Crippen molar-refractivity contribution in [3.8, 4) is 0 Å². The number of aromatic nitrogens is 4. The molecule has 1 aliphatic heterocycles. The van der Waals surface area contributed by atoms with E-state index in [-0.39, 0.29) is 17.0 Å². The zero-order valence-electron chi connectivity index (χ0n) is 14.6. The number of carbonyl (C=O) groups excluding carboxylic acids is 1. The summed E-state index contributed by atoms with van der Waals surface area (Å²) in [5.74, 6) is -1.06. The highest BCUT2D eigenvalue weighted by atomic mass is 31.3. The van der Waals surface area contributed by atoms with Gasteiger partial charge in [-0.3, -0.25) is 22.8 Å². The van der Waals surface area contributed by atoms with Crippen molar-refractivity contribution in [2.75, 3.05) is 12.3 Å². The maximum atomic E-state index is 12.2. The number of fused-ring (bicyclic) bond motifs is 1. The van der Waals surface area contributed by atoms with Gasteiger partial charge in [-0.1, -0.05) is 0 Å². The van der Waals surface area contributed by atoms with Crippen molar-refractivity contribution < 1.29 is 61.1 Å². The highest BCUT2D eigenvalue weighted by molar-refractivity contribution is 7.64. The van der Waals surface area contributed by atoms with E-state index in [1.165, 1.54) is 0 Å². The first-order chi connectivity index (χ1) is 14.2. The summed E-state index contributed by atoms with van der Waals surface area (Å²) in [5, 5.41) is 10.1. The Bertz CT molecular complexity index is 1150. The summed E-state index contributed by atoms with van der Waals surface area (Å²) in [5.41, 5.74) is 5.83. The third kappa shape index (κ3) is 5.59. The number of aliphatic hydroxyl groups is 1. The molecule has 0 aliphatic carbocycles. The average Bonchev–Trinajstić information content (AvgIpc) is 3.13. The number of nitrogen functional groups attached to an aromatic ring is 1. The summed E-state index contributed by atoms with van der Waals surface area (Å²) in [7, 11) is -18.2. The molecule has 3 N–H and O–H groups in total. The SMILES string of the molecule is Nc1ncnc2c1ncn2[C@@H]1O[C@H](COP(=O)([O-])OP(=O)([O-])OP(=O)([O-])[O-])C(=O)[C@H]1O. The van der Waals surface area contributed by atoms with Gasteiger partial charge in [0.2, 0.25) is 0 Å². The lowest BCUT2D eigenvalue weighted by molar-refractivity contribution is -0.339. The van der Waals surface area contributed by atoms with Crippen molar-refractivity contribution in [2.24, 2.45) is 0 Å². The van der Waals surface area contributed by atoms with Gasteiger partial charge >= 0.3 is 0 Å². The second-order valence-corrected chi connectivity index (χ2v) is 9.99. The number of hydrogen-bond acceptors (Lipinski definition) is 17. The molecular weight excluding hydrogens is 491 g/mol. The number of phosphoric ester groups is 1. The van der Waals surface area contributed by atoms with Gasteiger partial charge in [0.1, 0.15) is 17.9 Å². The zero-order valence-corrected chi connectivity index (χ0v) is 17.3. The van der Waals surface area contributed by atoms with Gasteiger partial charge in [-0.15, -0.1) is 0 Å². The number of imidazole rings is 1. The van der Waals surface area contributed by atoms with E-state index in [0.29, 0.717) is 0 Å². The van der Waals surface area contributed by atoms with Crippen molar-refractivity contribution in [2.45, 2.75) is 18.4 Å². The Morgan fingerprint density at radius 3 is 2.45 bits per heavy atom. The molecule has 31 heavy (non-hydrogen) atoms. The molecule has 0 radical (unpaired) electrons. The minimum atomic E-state index is -6.16. The molecule has 1 aliphatic rings. The molecule has 172 valence electrons. The molecule has 1 saturated heterocycles. The molecule has 18 nitrogen and oxygen atoms in total. The van der Waals surface area contributed by atoms with E-state index in [0.717, 1.165) is 17.2 Å². The normalized spacial score (nSPS) is 26.1. The molecule has 2 aromatic rings. The van der Waals surface area contributed by atoms with E-state index in [1.54, 1.807) is 0 Å². The number of ketones is 1. The summed E-state index contributed by atoms with van der Waals surface area (Å²) >= 11 is 0. The average molecular weight is 501 g/mol. The van der Waals surface area contributed by atoms with Crippen molar-refractivity contribution in [1.29, 1.82) is 0 Å². The molecule has 2 unspecified atom stereocenters. The maximum absolute atomic E-state index is 12.2. The molecule has 0 saturated carbocycles. The van der Waals surface area contributed by atoms with Crippen LogP contribution >= 0.6 is 23.5 Å². The van der Waals surface area contributed by atoms with E-state index in [1.807, 2.05) is 0 Å². The Balaban J connectivity index is 1.70. The van der Waals surface area contributed by atoms with Gasteiger partial charge in [0.05, 0.1) is 20.8 Å². The third-order valence-corrected chi connectivity index (χ3v) is 7.29. The van der Waals surface area contributed by atoms with Crippen LogP contribution < -0.4 is 25.3 Å². The second kappa shape index (κ2) is 8.37. The lowest BCUT2D eigenvalue weighted by Gasteiger charge is -2.37. The Kier molecular flexibility index (Phi) is 6.48. The van der Waals surface area contributed by atoms with Crippen LogP contribution in [0.25, 0.3) is 11.2 Å². The minimum Gasteiger partial charge on any atom is -0.790 e. The lowest BCUT2D eigenvalue weighted by Crippen LogP contribution is -2.29. The Labute approximate surface area is 171 Å². The summed E-state index contributed by atoms with van der Waals surface area (Å²) in [6, 6.07) is 0. The molecule has 0 bridgehead atoms. The van der Waals surface area contributed by atoms with Gasteiger partial charge in [0, 0.05) is 0 Å². The molecule has 0 aromatic carbocycles. The fourth-order valence-corrected chi connectivity index (χ4v) is 5.33. The van der Waals surface area contributed by atoms with Crippen LogP contribution in [0.3, 0.4) is 0 Å². The quantitative estimate of drug-likeness (QED) is 0.326. The topological polar surface area (TPSA) is 287 Å². The highest BCUT2D eigenvalue weighted by Gasteiger charge is 2.44. The number of phosphoric acid groups is 3. The summed E-state index contributed by atoms with van der Waals surface area (Å²) in [6.07, 6.45) is -2.81. The van der Waals surface area contributed by atoms with Crippen LogP contribution in [-0.2, 0) is 36.4 Å². The van der Waals surface area contributed by atoms with Gasteiger partial charge < -0.3 is 44.2 Å². The van der Waals surface area contributed by atoms with Crippen LogP contribution in [-0.4, -0.2) is 49.2 Å². The first-order valence-electron chi connectivity index (χ1n) is 7.71. The van der Waals surface area contributed by atoms with Crippen LogP contribution in [0.5, 0.6) is 0 Å². The Hall–Kier alpha value is -1.65. The Morgan fingerprint density at radius 2 is 1.81 bits per heavy atom. The van der Waals surface area contributed by atoms with Gasteiger partial charge in [-0.25, -0.2) is 19.3 Å². The summed E-state index contributed by atoms with van der Waals surface area (Å²) in [4.78, 5) is 66.9. The zero-order chi connectivity index (χ0) is 23.2. The standard InChI is InChI=1S/C10H14N5O13P3/c11-8-5-9(13-2-12-8)15(3-14-5)10-7(17)6(16)4(26-10)1-25-30(21,22)28-31(23,24)27-29(18,19)20/h2-4,7,10,17H,1H2,(H,21,22)(H,23,24)(H2,11,12,13)(H2,18,19,20)/p-4/t4-,7-,10-/m1/s1. The van der Waals surface area contributed by atoms with E-state index in [9.17, 15) is 43.2 Å².